The fraction of sp³-hybridized carbons (Fsp3) is 0.444. The molecule has 0 radical (unpaired) electrons. The summed E-state index contributed by atoms with van der Waals surface area (Å²) in [7, 11) is -4.42. The lowest BCUT2D eigenvalue weighted by Crippen LogP contribution is -2.51. The van der Waals surface area contributed by atoms with Crippen LogP contribution in [0.2, 0.25) is 0 Å². The first-order valence-electron chi connectivity index (χ1n) is 8.22. The van der Waals surface area contributed by atoms with Crippen molar-refractivity contribution in [2.75, 3.05) is 0 Å². The van der Waals surface area contributed by atoms with Gasteiger partial charge in [0.15, 0.2) is 9.84 Å². The molecule has 9 heteroatoms. The second-order valence-electron chi connectivity index (χ2n) is 6.70. The van der Waals surface area contributed by atoms with Crippen molar-refractivity contribution in [2.24, 2.45) is 11.8 Å². The van der Waals surface area contributed by atoms with Crippen LogP contribution in [-0.2, 0) is 15.6 Å². The van der Waals surface area contributed by atoms with E-state index in [-0.39, 0.29) is 12.8 Å². The van der Waals surface area contributed by atoms with E-state index in [2.05, 4.69) is 0 Å². The summed E-state index contributed by atoms with van der Waals surface area (Å²) in [6.45, 7) is 0. The number of hydrogen-bond acceptors (Lipinski definition) is 2. The van der Waals surface area contributed by atoms with Gasteiger partial charge in [-0.3, -0.25) is 0 Å². The first kappa shape index (κ1) is 20.0. The summed E-state index contributed by atoms with van der Waals surface area (Å²) in [4.78, 5) is -0.838. The fourth-order valence-electron chi connectivity index (χ4n) is 3.64. The van der Waals surface area contributed by atoms with E-state index >= 15 is 0 Å². The minimum atomic E-state index is -5.67. The van der Waals surface area contributed by atoms with Gasteiger partial charge in [-0.25, -0.2) is 17.2 Å². The van der Waals surface area contributed by atoms with Crippen LogP contribution in [0.4, 0.5) is 26.3 Å². The lowest BCUT2D eigenvalue weighted by Gasteiger charge is -2.40. The standard InChI is InChI=1S/C18H16F6O2S/c19-16(20)18(23,24)17(21,22)14-12-6-8-13(9-7-12)15(14)27(25,26)10-11-4-2-1-3-5-11/h1-6,8,12-13,16H,7,9-10H2. The molecule has 3 aliphatic carbocycles. The predicted molar refractivity (Wildman–Crippen MR) is 87.3 cm³/mol. The third kappa shape index (κ3) is 3.30. The summed E-state index contributed by atoms with van der Waals surface area (Å²) in [5, 5.41) is 0. The molecule has 0 amide bonds. The molecule has 0 aromatic heterocycles. The van der Waals surface area contributed by atoms with Gasteiger partial charge in [0.05, 0.1) is 10.7 Å². The summed E-state index contributed by atoms with van der Waals surface area (Å²) in [6.07, 6.45) is -1.84. The molecular formula is C18H16F6O2S. The van der Waals surface area contributed by atoms with Crippen LogP contribution in [-0.4, -0.2) is 26.7 Å². The lowest BCUT2D eigenvalue weighted by atomic mass is 9.73. The van der Waals surface area contributed by atoms with Crippen LogP contribution in [0, 0.1) is 11.8 Å². The normalized spacial score (nSPS) is 23.4. The Balaban J connectivity index is 2.15. The van der Waals surface area contributed by atoms with Gasteiger partial charge < -0.3 is 0 Å². The van der Waals surface area contributed by atoms with Gasteiger partial charge in [-0.1, -0.05) is 42.5 Å². The molecule has 2 bridgehead atoms. The number of sulfone groups is 1. The van der Waals surface area contributed by atoms with Gasteiger partial charge in [0.1, 0.15) is 0 Å². The van der Waals surface area contributed by atoms with Crippen molar-refractivity contribution >= 4 is 9.84 Å². The van der Waals surface area contributed by atoms with Crippen LogP contribution in [0.25, 0.3) is 0 Å². The molecule has 0 saturated heterocycles. The minimum Gasteiger partial charge on any atom is -0.224 e. The van der Waals surface area contributed by atoms with E-state index in [0.29, 0.717) is 5.56 Å². The van der Waals surface area contributed by atoms with Crippen LogP contribution in [0.1, 0.15) is 18.4 Å². The molecular weight excluding hydrogens is 394 g/mol. The van der Waals surface area contributed by atoms with E-state index < -0.39 is 56.2 Å². The van der Waals surface area contributed by atoms with Gasteiger partial charge in [0.2, 0.25) is 0 Å². The van der Waals surface area contributed by atoms with E-state index in [1.54, 1.807) is 18.2 Å². The Kier molecular flexibility index (Phi) is 4.95. The van der Waals surface area contributed by atoms with E-state index in [1.807, 2.05) is 0 Å². The second-order valence-corrected chi connectivity index (χ2v) is 8.65. The molecule has 1 aromatic carbocycles. The fourth-order valence-corrected chi connectivity index (χ4v) is 5.69. The number of halogens is 6. The summed E-state index contributed by atoms with van der Waals surface area (Å²) in [6, 6.07) is 7.64. The summed E-state index contributed by atoms with van der Waals surface area (Å²) < 4.78 is 107. The first-order chi connectivity index (χ1) is 12.5. The van der Waals surface area contributed by atoms with Crippen molar-refractivity contribution < 1.29 is 34.8 Å². The second kappa shape index (κ2) is 6.68. The maximum atomic E-state index is 14.5. The number of benzene rings is 1. The van der Waals surface area contributed by atoms with E-state index in [1.165, 1.54) is 24.3 Å². The zero-order chi connectivity index (χ0) is 20.0. The monoisotopic (exact) mass is 410 g/mol. The highest BCUT2D eigenvalue weighted by Crippen LogP contribution is 2.54. The maximum Gasteiger partial charge on any atom is 0.373 e. The van der Waals surface area contributed by atoms with E-state index in [0.717, 1.165) is 0 Å². The highest BCUT2D eigenvalue weighted by molar-refractivity contribution is 7.94. The van der Waals surface area contributed by atoms with Crippen LogP contribution in [0.15, 0.2) is 53.0 Å². The van der Waals surface area contributed by atoms with E-state index in [9.17, 15) is 34.8 Å². The molecule has 2 atom stereocenters. The molecule has 1 aromatic rings. The Labute approximate surface area is 152 Å². The maximum absolute atomic E-state index is 14.5. The minimum absolute atomic E-state index is 0.00969. The van der Waals surface area contributed by atoms with Gasteiger partial charge in [0.25, 0.3) is 0 Å². The Morgan fingerprint density at radius 3 is 2.04 bits per heavy atom. The number of rotatable bonds is 6. The van der Waals surface area contributed by atoms with Crippen LogP contribution >= 0.6 is 0 Å². The highest BCUT2D eigenvalue weighted by atomic mass is 32.2. The van der Waals surface area contributed by atoms with Crippen LogP contribution in [0.3, 0.4) is 0 Å². The highest BCUT2D eigenvalue weighted by Gasteiger charge is 2.67. The van der Waals surface area contributed by atoms with Crippen molar-refractivity contribution in [1.82, 2.24) is 0 Å². The average Bonchev–Trinajstić information content (AvgIpc) is 2.62. The zero-order valence-electron chi connectivity index (χ0n) is 13.9. The molecule has 0 N–H and O–H groups in total. The van der Waals surface area contributed by atoms with Crippen LogP contribution in [0.5, 0.6) is 0 Å². The number of alkyl halides is 6. The largest absolute Gasteiger partial charge is 0.373 e. The predicted octanol–water partition coefficient (Wildman–Crippen LogP) is 4.99. The molecule has 4 rings (SSSR count). The molecule has 0 fully saturated rings. The molecule has 0 aliphatic heterocycles. The SMILES string of the molecule is O=S(=O)(Cc1ccccc1)C1=C(C(F)(F)C(F)(F)C(F)F)C2C=CC1CC2. The molecule has 0 saturated carbocycles. The Bertz CT molecular complexity index is 874. The van der Waals surface area contributed by atoms with Crippen molar-refractivity contribution in [3.8, 4) is 0 Å². The number of fused-ring (bicyclic) bond motifs is 1. The molecule has 148 valence electrons. The summed E-state index contributed by atoms with van der Waals surface area (Å²) >= 11 is 0. The quantitative estimate of drug-likeness (QED) is 0.489. The lowest BCUT2D eigenvalue weighted by molar-refractivity contribution is -0.249. The molecule has 0 spiro atoms. The van der Waals surface area contributed by atoms with Crippen molar-refractivity contribution in [3.63, 3.8) is 0 Å². The van der Waals surface area contributed by atoms with Crippen LogP contribution < -0.4 is 0 Å². The van der Waals surface area contributed by atoms with Gasteiger partial charge >= 0.3 is 18.3 Å². The van der Waals surface area contributed by atoms with Crippen molar-refractivity contribution in [3.05, 3.63) is 58.5 Å². The zero-order valence-corrected chi connectivity index (χ0v) is 14.7. The molecule has 2 nitrogen and oxygen atoms in total. The molecule has 3 aliphatic rings. The van der Waals surface area contributed by atoms with Gasteiger partial charge in [-0.15, -0.1) is 0 Å². The van der Waals surface area contributed by atoms with Crippen molar-refractivity contribution in [1.29, 1.82) is 0 Å². The summed E-state index contributed by atoms with van der Waals surface area (Å²) in [5.41, 5.74) is -1.10. The summed E-state index contributed by atoms with van der Waals surface area (Å²) in [5.74, 6) is -13.9. The Morgan fingerprint density at radius 1 is 0.963 bits per heavy atom. The smallest absolute Gasteiger partial charge is 0.224 e. The van der Waals surface area contributed by atoms with Crippen molar-refractivity contribution in [2.45, 2.75) is 36.9 Å². The van der Waals surface area contributed by atoms with Gasteiger partial charge in [-0.2, -0.15) is 17.6 Å². The Hall–Kier alpha value is -1.77. The molecule has 0 heterocycles. The molecule has 27 heavy (non-hydrogen) atoms. The molecule has 2 unspecified atom stereocenters. The van der Waals surface area contributed by atoms with Gasteiger partial charge in [0, 0.05) is 17.4 Å². The third-order valence-electron chi connectivity index (χ3n) is 4.90. The van der Waals surface area contributed by atoms with Gasteiger partial charge in [-0.05, 0) is 18.4 Å². The topological polar surface area (TPSA) is 34.1 Å². The van der Waals surface area contributed by atoms with E-state index in [4.69, 9.17) is 0 Å². The number of allylic oxidation sites excluding steroid dienone is 4. The number of hydrogen-bond donors (Lipinski definition) is 0. The third-order valence-corrected chi connectivity index (χ3v) is 6.81. The average molecular weight is 410 g/mol. The Morgan fingerprint density at radius 2 is 1.52 bits per heavy atom. The first-order valence-corrected chi connectivity index (χ1v) is 9.87.